The molecule has 0 saturated heterocycles. The molecule has 1 aliphatic rings. The molecular weight excluding hydrogens is 422 g/mol. The summed E-state index contributed by atoms with van der Waals surface area (Å²) >= 11 is 6.37. The lowest BCUT2D eigenvalue weighted by molar-refractivity contribution is -0.120. The van der Waals surface area contributed by atoms with Crippen LogP contribution in [0.4, 0.5) is 5.69 Å². The average molecular weight is 446 g/mol. The van der Waals surface area contributed by atoms with Crippen LogP contribution < -0.4 is 4.90 Å². The lowest BCUT2D eigenvalue weighted by Gasteiger charge is -2.25. The van der Waals surface area contributed by atoms with Gasteiger partial charge in [-0.2, -0.15) is 0 Å². The van der Waals surface area contributed by atoms with Gasteiger partial charge in [-0.05, 0) is 55.7 Å². The zero-order valence-electron chi connectivity index (χ0n) is 18.1. The van der Waals surface area contributed by atoms with Crippen LogP contribution in [0.1, 0.15) is 23.6 Å². The number of halogens is 1. The van der Waals surface area contributed by atoms with Gasteiger partial charge in [0.25, 0.3) is 11.8 Å². The van der Waals surface area contributed by atoms with E-state index in [9.17, 15) is 9.59 Å². The van der Waals surface area contributed by atoms with Crippen LogP contribution >= 0.6 is 11.6 Å². The van der Waals surface area contributed by atoms with E-state index in [2.05, 4.69) is 4.98 Å². The Labute approximate surface area is 193 Å². The molecular formula is C26H24ClN3O2. The number of hydrogen-bond acceptors (Lipinski definition) is 4. The number of amides is 2. The van der Waals surface area contributed by atoms with Crippen molar-refractivity contribution in [2.24, 2.45) is 0 Å². The number of aryl methyl sites for hydroxylation is 1. The Morgan fingerprint density at radius 3 is 2.28 bits per heavy atom. The molecule has 0 bridgehead atoms. The largest absolute Gasteiger partial charge is 0.366 e. The SMILES string of the molecule is CCN(CCc1ccncc1)C1=C(c2ccc(C)cc2)C(=O)N(c2ccccc2Cl)C1=O. The van der Waals surface area contributed by atoms with Crippen molar-refractivity contribution in [2.45, 2.75) is 20.3 Å². The van der Waals surface area contributed by atoms with Crippen LogP contribution in [0.5, 0.6) is 0 Å². The number of likely N-dealkylation sites (N-methyl/N-ethyl adjacent to an activating group) is 1. The van der Waals surface area contributed by atoms with Crippen LogP contribution in [0.2, 0.25) is 5.02 Å². The number of para-hydroxylation sites is 1. The highest BCUT2D eigenvalue weighted by molar-refractivity contribution is 6.47. The van der Waals surface area contributed by atoms with Crippen LogP contribution in [0.25, 0.3) is 5.57 Å². The topological polar surface area (TPSA) is 53.5 Å². The van der Waals surface area contributed by atoms with Crippen molar-refractivity contribution >= 4 is 34.7 Å². The molecule has 0 saturated carbocycles. The molecule has 0 unspecified atom stereocenters. The Kier molecular flexibility index (Phi) is 6.37. The predicted molar refractivity (Wildman–Crippen MR) is 127 cm³/mol. The number of pyridine rings is 1. The van der Waals surface area contributed by atoms with Crippen molar-refractivity contribution in [2.75, 3.05) is 18.0 Å². The molecule has 0 atom stereocenters. The zero-order chi connectivity index (χ0) is 22.7. The van der Waals surface area contributed by atoms with Crippen molar-refractivity contribution in [3.8, 4) is 0 Å². The van der Waals surface area contributed by atoms with Gasteiger partial charge >= 0.3 is 0 Å². The second-order valence-electron chi connectivity index (χ2n) is 7.67. The third kappa shape index (κ3) is 4.16. The van der Waals surface area contributed by atoms with Gasteiger partial charge in [0.1, 0.15) is 5.70 Å². The molecule has 162 valence electrons. The highest BCUT2D eigenvalue weighted by Gasteiger charge is 2.42. The molecule has 1 aliphatic heterocycles. The lowest BCUT2D eigenvalue weighted by atomic mass is 10.0. The Bertz CT molecular complexity index is 1170. The summed E-state index contributed by atoms with van der Waals surface area (Å²) in [6, 6.07) is 18.5. The molecule has 4 rings (SSSR count). The van der Waals surface area contributed by atoms with Gasteiger partial charge in [0.05, 0.1) is 16.3 Å². The van der Waals surface area contributed by atoms with Crippen molar-refractivity contribution in [1.82, 2.24) is 9.88 Å². The maximum absolute atomic E-state index is 13.7. The molecule has 3 aromatic rings. The lowest BCUT2D eigenvalue weighted by Crippen LogP contribution is -2.36. The molecule has 0 fully saturated rings. The van der Waals surface area contributed by atoms with Crippen LogP contribution in [0.3, 0.4) is 0 Å². The fourth-order valence-electron chi connectivity index (χ4n) is 3.89. The minimum absolute atomic E-state index is 0.352. The Morgan fingerprint density at radius 2 is 1.62 bits per heavy atom. The van der Waals surface area contributed by atoms with Crippen LogP contribution in [0, 0.1) is 6.92 Å². The van der Waals surface area contributed by atoms with E-state index in [1.807, 2.05) is 55.1 Å². The van der Waals surface area contributed by atoms with Gasteiger partial charge in [-0.15, -0.1) is 0 Å². The van der Waals surface area contributed by atoms with E-state index in [1.54, 1.807) is 36.7 Å². The van der Waals surface area contributed by atoms with Gasteiger partial charge in [-0.25, -0.2) is 4.90 Å². The summed E-state index contributed by atoms with van der Waals surface area (Å²) in [6.45, 7) is 5.16. The Hall–Kier alpha value is -3.44. The first kappa shape index (κ1) is 21.8. The summed E-state index contributed by atoms with van der Waals surface area (Å²) in [7, 11) is 0. The number of imide groups is 1. The zero-order valence-corrected chi connectivity index (χ0v) is 18.8. The van der Waals surface area contributed by atoms with Gasteiger partial charge in [-0.1, -0.05) is 53.6 Å². The number of hydrogen-bond donors (Lipinski definition) is 0. The van der Waals surface area contributed by atoms with E-state index in [1.165, 1.54) is 4.90 Å². The standard InChI is InChI=1S/C26H24ClN3O2/c1-3-29(17-14-19-12-15-28-16-13-19)24-23(20-10-8-18(2)9-11-20)25(31)30(26(24)32)22-7-5-4-6-21(22)27/h4-13,15-16H,3,14,17H2,1-2H3. The summed E-state index contributed by atoms with van der Waals surface area (Å²) in [5, 5.41) is 0.360. The number of aromatic nitrogens is 1. The van der Waals surface area contributed by atoms with Gasteiger partial charge < -0.3 is 4.90 Å². The smallest absolute Gasteiger partial charge is 0.282 e. The molecule has 2 amide bonds. The molecule has 2 heterocycles. The number of nitrogens with zero attached hydrogens (tertiary/aromatic N) is 3. The molecule has 0 spiro atoms. The summed E-state index contributed by atoms with van der Waals surface area (Å²) in [4.78, 5) is 34.5. The fourth-order valence-corrected chi connectivity index (χ4v) is 4.11. The second kappa shape index (κ2) is 9.37. The van der Waals surface area contributed by atoms with E-state index < -0.39 is 0 Å². The van der Waals surface area contributed by atoms with Crippen LogP contribution in [0.15, 0.2) is 78.8 Å². The van der Waals surface area contributed by atoms with Crippen molar-refractivity contribution in [3.63, 3.8) is 0 Å². The molecule has 2 aromatic carbocycles. The summed E-state index contributed by atoms with van der Waals surface area (Å²) < 4.78 is 0. The number of benzene rings is 2. The highest BCUT2D eigenvalue weighted by Crippen LogP contribution is 2.37. The minimum Gasteiger partial charge on any atom is -0.366 e. The minimum atomic E-state index is -0.357. The highest BCUT2D eigenvalue weighted by atomic mass is 35.5. The second-order valence-corrected chi connectivity index (χ2v) is 8.08. The number of carbonyl (C=O) groups excluding carboxylic acids is 2. The first-order valence-electron chi connectivity index (χ1n) is 10.6. The molecule has 0 radical (unpaired) electrons. The van der Waals surface area contributed by atoms with Crippen LogP contribution in [-0.4, -0.2) is 34.8 Å². The summed E-state index contributed by atoms with van der Waals surface area (Å²) in [6.07, 6.45) is 4.24. The van der Waals surface area contributed by atoms with Crippen molar-refractivity contribution in [3.05, 3.63) is 100 Å². The van der Waals surface area contributed by atoms with E-state index in [0.717, 1.165) is 23.1 Å². The maximum atomic E-state index is 13.7. The van der Waals surface area contributed by atoms with Gasteiger partial charge in [0.2, 0.25) is 0 Å². The van der Waals surface area contributed by atoms with Crippen molar-refractivity contribution in [1.29, 1.82) is 0 Å². The number of rotatable bonds is 7. The van der Waals surface area contributed by atoms with E-state index >= 15 is 0 Å². The van der Waals surface area contributed by atoms with E-state index in [0.29, 0.717) is 35.1 Å². The molecule has 6 heteroatoms. The van der Waals surface area contributed by atoms with Crippen LogP contribution in [-0.2, 0) is 16.0 Å². The summed E-state index contributed by atoms with van der Waals surface area (Å²) in [5.74, 6) is -0.709. The van der Waals surface area contributed by atoms with E-state index in [4.69, 9.17) is 11.6 Å². The monoisotopic (exact) mass is 445 g/mol. The number of anilines is 1. The maximum Gasteiger partial charge on any atom is 0.282 e. The Balaban J connectivity index is 1.77. The van der Waals surface area contributed by atoms with Gasteiger partial charge in [0, 0.05) is 25.5 Å². The van der Waals surface area contributed by atoms with E-state index in [-0.39, 0.29) is 11.8 Å². The molecule has 32 heavy (non-hydrogen) atoms. The van der Waals surface area contributed by atoms with Gasteiger partial charge in [-0.3, -0.25) is 14.6 Å². The fraction of sp³-hybridized carbons (Fsp3) is 0.192. The van der Waals surface area contributed by atoms with Crippen molar-refractivity contribution < 1.29 is 9.59 Å². The normalized spacial score (nSPS) is 13.8. The molecule has 0 aliphatic carbocycles. The first-order chi connectivity index (χ1) is 15.5. The Morgan fingerprint density at radius 1 is 0.938 bits per heavy atom. The molecule has 1 aromatic heterocycles. The first-order valence-corrected chi connectivity index (χ1v) is 11.0. The summed E-state index contributed by atoms with van der Waals surface area (Å²) in [5.41, 5.74) is 4.15. The molecule has 0 N–H and O–H groups in total. The third-order valence-electron chi connectivity index (χ3n) is 5.61. The van der Waals surface area contributed by atoms with Gasteiger partial charge in [0.15, 0.2) is 0 Å². The third-order valence-corrected chi connectivity index (χ3v) is 5.93. The number of carbonyl (C=O) groups is 2. The molecule has 5 nitrogen and oxygen atoms in total. The quantitative estimate of drug-likeness (QED) is 0.486. The average Bonchev–Trinajstić information content (AvgIpc) is 3.06. The predicted octanol–water partition coefficient (Wildman–Crippen LogP) is 4.89.